The summed E-state index contributed by atoms with van der Waals surface area (Å²) in [7, 11) is -3.82. The van der Waals surface area contributed by atoms with Gasteiger partial charge in [-0.2, -0.15) is 5.10 Å². The number of aromatic nitrogens is 2. The van der Waals surface area contributed by atoms with Crippen molar-refractivity contribution in [3.63, 3.8) is 0 Å². The van der Waals surface area contributed by atoms with E-state index in [0.29, 0.717) is 16.8 Å². The highest BCUT2D eigenvalue weighted by molar-refractivity contribution is 7.89. The molecule has 0 saturated heterocycles. The van der Waals surface area contributed by atoms with Crippen LogP contribution in [0.15, 0.2) is 81.0 Å². The molecule has 1 amide bonds. The monoisotopic (exact) mass is 452 g/mol. The Bertz CT molecular complexity index is 1440. The van der Waals surface area contributed by atoms with Gasteiger partial charge in [0.15, 0.2) is 0 Å². The maximum atomic E-state index is 12.6. The van der Waals surface area contributed by atoms with Crippen molar-refractivity contribution in [1.82, 2.24) is 14.5 Å². The predicted octanol–water partition coefficient (Wildman–Crippen LogP) is 2.42. The molecule has 0 fully saturated rings. The first kappa shape index (κ1) is 21.5. The third-order valence-corrected chi connectivity index (χ3v) is 6.19. The van der Waals surface area contributed by atoms with E-state index in [2.05, 4.69) is 15.1 Å². The molecule has 4 rings (SSSR count). The van der Waals surface area contributed by atoms with Crippen molar-refractivity contribution in [2.24, 2.45) is 0 Å². The third-order valence-electron chi connectivity index (χ3n) is 4.79. The van der Waals surface area contributed by atoms with E-state index >= 15 is 0 Å². The van der Waals surface area contributed by atoms with Gasteiger partial charge in [0.1, 0.15) is 12.3 Å². The molecule has 32 heavy (non-hydrogen) atoms. The molecule has 164 valence electrons. The van der Waals surface area contributed by atoms with Crippen LogP contribution in [0.2, 0.25) is 0 Å². The van der Waals surface area contributed by atoms with Crippen molar-refractivity contribution < 1.29 is 17.6 Å². The highest BCUT2D eigenvalue weighted by Crippen LogP contribution is 2.16. The number of amides is 1. The van der Waals surface area contributed by atoms with Crippen LogP contribution in [0.3, 0.4) is 0 Å². The second-order valence-electron chi connectivity index (χ2n) is 7.07. The Morgan fingerprint density at radius 2 is 1.84 bits per heavy atom. The number of rotatable bonds is 7. The van der Waals surface area contributed by atoms with Crippen molar-refractivity contribution in [3.8, 4) is 0 Å². The molecule has 9 nitrogen and oxygen atoms in total. The zero-order chi connectivity index (χ0) is 22.7. The van der Waals surface area contributed by atoms with Gasteiger partial charge in [-0.1, -0.05) is 24.3 Å². The zero-order valence-electron chi connectivity index (χ0n) is 17.1. The first-order chi connectivity index (χ1) is 15.3. The molecule has 0 spiro atoms. The van der Waals surface area contributed by atoms with E-state index in [1.807, 2.05) is 6.07 Å². The first-order valence-electron chi connectivity index (χ1n) is 9.72. The molecule has 2 heterocycles. The van der Waals surface area contributed by atoms with Crippen LogP contribution in [0.4, 0.5) is 5.69 Å². The highest BCUT2D eigenvalue weighted by Gasteiger charge is 2.16. The van der Waals surface area contributed by atoms with Crippen LogP contribution in [-0.2, 0) is 27.9 Å². The molecule has 2 aromatic carbocycles. The number of sulfonamides is 1. The molecule has 10 heteroatoms. The van der Waals surface area contributed by atoms with Gasteiger partial charge in [0.2, 0.25) is 15.9 Å². The smallest absolute Gasteiger partial charge is 0.275 e. The largest absolute Gasteiger partial charge is 0.468 e. The van der Waals surface area contributed by atoms with E-state index in [9.17, 15) is 18.0 Å². The number of fused-ring (bicyclic) bond motifs is 1. The quantitative estimate of drug-likeness (QED) is 0.444. The van der Waals surface area contributed by atoms with E-state index in [4.69, 9.17) is 4.42 Å². The van der Waals surface area contributed by atoms with Crippen LogP contribution in [0, 0.1) is 6.92 Å². The van der Waals surface area contributed by atoms with Gasteiger partial charge >= 0.3 is 0 Å². The molecule has 2 N–H and O–H groups in total. The number of aryl methyl sites for hydroxylation is 1. The number of hydrogen-bond donors (Lipinski definition) is 2. The molecule has 2 aromatic heterocycles. The molecule has 0 aliphatic rings. The molecule has 0 aliphatic carbocycles. The Labute approximate surface area is 183 Å². The SMILES string of the molecule is Cc1nn(CC(=O)Nc2cccc(S(=O)(=O)NCc3ccco3)c2)c(=O)c2ccccc12. The topological polar surface area (TPSA) is 123 Å². The van der Waals surface area contributed by atoms with Gasteiger partial charge in [0.05, 0.1) is 28.8 Å². The van der Waals surface area contributed by atoms with Crippen LogP contribution in [0.25, 0.3) is 10.8 Å². The molecule has 0 radical (unpaired) electrons. The molecular weight excluding hydrogens is 432 g/mol. The fourth-order valence-corrected chi connectivity index (χ4v) is 4.29. The van der Waals surface area contributed by atoms with Crippen LogP contribution in [-0.4, -0.2) is 24.1 Å². The minimum atomic E-state index is -3.82. The average molecular weight is 452 g/mol. The summed E-state index contributed by atoms with van der Waals surface area (Å²) < 4.78 is 33.7. The summed E-state index contributed by atoms with van der Waals surface area (Å²) in [5.41, 5.74) is 0.532. The Kier molecular flexibility index (Phi) is 5.89. The number of nitrogens with zero attached hydrogens (tertiary/aromatic N) is 2. The summed E-state index contributed by atoms with van der Waals surface area (Å²) in [6.45, 7) is 1.46. The van der Waals surface area contributed by atoms with Gasteiger partial charge in [-0.25, -0.2) is 17.8 Å². The second kappa shape index (κ2) is 8.77. The first-order valence-corrected chi connectivity index (χ1v) is 11.2. The summed E-state index contributed by atoms with van der Waals surface area (Å²) in [4.78, 5) is 25.2. The van der Waals surface area contributed by atoms with Crippen molar-refractivity contribution in [2.45, 2.75) is 24.9 Å². The molecule has 0 saturated carbocycles. The highest BCUT2D eigenvalue weighted by atomic mass is 32.2. The van der Waals surface area contributed by atoms with E-state index in [0.717, 1.165) is 10.1 Å². The third kappa shape index (κ3) is 4.61. The van der Waals surface area contributed by atoms with Gasteiger partial charge in [0.25, 0.3) is 5.56 Å². The lowest BCUT2D eigenvalue weighted by Gasteiger charge is -2.11. The molecule has 0 unspecified atom stereocenters. The summed E-state index contributed by atoms with van der Waals surface area (Å²) in [6.07, 6.45) is 1.46. The molecule has 0 bridgehead atoms. The number of hydrogen-bond acceptors (Lipinski definition) is 6. The fourth-order valence-electron chi connectivity index (χ4n) is 3.25. The van der Waals surface area contributed by atoms with E-state index in [-0.39, 0.29) is 29.2 Å². The van der Waals surface area contributed by atoms with Gasteiger partial charge in [-0.05, 0) is 43.3 Å². The van der Waals surface area contributed by atoms with E-state index in [1.165, 1.54) is 24.5 Å². The predicted molar refractivity (Wildman–Crippen MR) is 119 cm³/mol. The van der Waals surface area contributed by atoms with Crippen molar-refractivity contribution in [3.05, 3.63) is 88.7 Å². The van der Waals surface area contributed by atoms with E-state index in [1.54, 1.807) is 43.3 Å². The lowest BCUT2D eigenvalue weighted by atomic mass is 10.1. The number of furan rings is 1. The number of carbonyl (C=O) groups is 1. The Hall–Kier alpha value is -3.76. The van der Waals surface area contributed by atoms with Crippen LogP contribution in [0.5, 0.6) is 0 Å². The van der Waals surface area contributed by atoms with Gasteiger partial charge in [-0.3, -0.25) is 9.59 Å². The summed E-state index contributed by atoms with van der Waals surface area (Å²) in [5.74, 6) is -0.0333. The number of carbonyl (C=O) groups excluding carboxylic acids is 1. The average Bonchev–Trinajstić information content (AvgIpc) is 3.30. The summed E-state index contributed by atoms with van der Waals surface area (Å²) >= 11 is 0. The lowest BCUT2D eigenvalue weighted by Crippen LogP contribution is -2.30. The number of nitrogens with one attached hydrogen (secondary N) is 2. The normalized spacial score (nSPS) is 11.5. The summed E-state index contributed by atoms with van der Waals surface area (Å²) in [5, 5.41) is 8.04. The molecule has 0 atom stereocenters. The molecule has 4 aromatic rings. The number of benzene rings is 2. The van der Waals surface area contributed by atoms with Gasteiger partial charge in [0, 0.05) is 11.1 Å². The minimum Gasteiger partial charge on any atom is -0.468 e. The lowest BCUT2D eigenvalue weighted by molar-refractivity contribution is -0.117. The zero-order valence-corrected chi connectivity index (χ0v) is 17.9. The molecule has 0 aliphatic heterocycles. The van der Waals surface area contributed by atoms with Crippen molar-refractivity contribution >= 4 is 32.4 Å². The fraction of sp³-hybridized carbons (Fsp3) is 0.136. The van der Waals surface area contributed by atoms with E-state index < -0.39 is 15.9 Å². The Balaban J connectivity index is 1.49. The molecular formula is C22H20N4O5S. The Morgan fingerprint density at radius 3 is 2.59 bits per heavy atom. The minimum absolute atomic E-state index is 0.00181. The van der Waals surface area contributed by atoms with Crippen LogP contribution < -0.4 is 15.6 Å². The summed E-state index contributed by atoms with van der Waals surface area (Å²) in [6, 6.07) is 16.2. The van der Waals surface area contributed by atoms with Gasteiger partial charge < -0.3 is 9.73 Å². The standard InChI is InChI=1S/C22H20N4O5S/c1-15-19-9-2-3-10-20(19)22(28)26(25-15)14-21(27)24-16-6-4-8-18(12-16)32(29,30)23-13-17-7-5-11-31-17/h2-12,23H,13-14H2,1H3,(H,24,27). The maximum absolute atomic E-state index is 12.6. The van der Waals surface area contributed by atoms with Crippen molar-refractivity contribution in [2.75, 3.05) is 5.32 Å². The number of anilines is 1. The Morgan fingerprint density at radius 1 is 1.06 bits per heavy atom. The van der Waals surface area contributed by atoms with Crippen LogP contribution in [0.1, 0.15) is 11.5 Å². The van der Waals surface area contributed by atoms with Gasteiger partial charge in [-0.15, -0.1) is 0 Å². The second-order valence-corrected chi connectivity index (χ2v) is 8.84. The van der Waals surface area contributed by atoms with Crippen LogP contribution >= 0.6 is 0 Å². The van der Waals surface area contributed by atoms with Crippen molar-refractivity contribution in [1.29, 1.82) is 0 Å². The maximum Gasteiger partial charge on any atom is 0.275 e.